The molecule has 2 aromatic carbocycles. The molecule has 0 fully saturated rings. The maximum Gasteiger partial charge on any atom is 0.375 e. The number of esters is 1. The van der Waals surface area contributed by atoms with E-state index in [0.717, 1.165) is 5.39 Å². The monoisotopic (exact) mass is 401 g/mol. The second kappa shape index (κ2) is 8.35. The van der Waals surface area contributed by atoms with Gasteiger partial charge in [-0.1, -0.05) is 23.7 Å². The van der Waals surface area contributed by atoms with Crippen LogP contribution in [0.2, 0.25) is 5.02 Å². The van der Waals surface area contributed by atoms with Crippen LogP contribution in [0.1, 0.15) is 30.0 Å². The lowest BCUT2D eigenvalue weighted by Gasteiger charge is -2.15. The number of aryl methyl sites for hydroxylation is 1. The van der Waals surface area contributed by atoms with E-state index in [2.05, 4.69) is 5.32 Å². The Kier molecular flexibility index (Phi) is 5.90. The third kappa shape index (κ3) is 4.12. The Bertz CT molecular complexity index is 1030. The Morgan fingerprint density at radius 1 is 1.21 bits per heavy atom. The van der Waals surface area contributed by atoms with E-state index in [1.807, 2.05) is 6.92 Å². The molecule has 0 saturated heterocycles. The van der Waals surface area contributed by atoms with Gasteiger partial charge in [-0.25, -0.2) is 4.79 Å². The summed E-state index contributed by atoms with van der Waals surface area (Å²) in [6.07, 6.45) is -1.03. The van der Waals surface area contributed by atoms with Crippen molar-refractivity contribution in [2.75, 3.05) is 11.9 Å². The summed E-state index contributed by atoms with van der Waals surface area (Å²) in [5, 5.41) is 3.97. The Morgan fingerprint density at radius 3 is 2.71 bits per heavy atom. The molecule has 1 heterocycles. The summed E-state index contributed by atoms with van der Waals surface area (Å²) in [6, 6.07) is 12.1. The number of amides is 1. The van der Waals surface area contributed by atoms with Gasteiger partial charge < -0.3 is 19.2 Å². The molecule has 0 aliphatic rings. The van der Waals surface area contributed by atoms with Crippen LogP contribution in [0.25, 0.3) is 11.0 Å². The van der Waals surface area contributed by atoms with Gasteiger partial charge in [0.25, 0.3) is 5.91 Å². The molecular weight excluding hydrogens is 382 g/mol. The highest BCUT2D eigenvalue weighted by Gasteiger charge is 2.24. The number of fused-ring (bicyclic) bond motifs is 1. The smallest absolute Gasteiger partial charge is 0.375 e. The number of anilines is 1. The standard InChI is InChI=1S/C21H20ClNO5/c1-4-26-18-8-6-5-7-16(18)23-20(24)13(3)27-21(25)19-12(2)15-11-14(22)9-10-17(15)28-19/h5-11,13H,4H2,1-3H3,(H,23,24)/t13-/m1/s1. The number of carbonyl (C=O) groups excluding carboxylic acids is 2. The fourth-order valence-corrected chi connectivity index (χ4v) is 2.91. The van der Waals surface area contributed by atoms with E-state index >= 15 is 0 Å². The van der Waals surface area contributed by atoms with Crippen molar-refractivity contribution in [3.63, 3.8) is 0 Å². The normalized spacial score (nSPS) is 11.9. The molecule has 0 spiro atoms. The van der Waals surface area contributed by atoms with Gasteiger partial charge in [-0.3, -0.25) is 4.79 Å². The molecule has 1 aromatic heterocycles. The summed E-state index contributed by atoms with van der Waals surface area (Å²) >= 11 is 6.00. The molecule has 0 aliphatic carbocycles. The third-order valence-corrected chi connectivity index (χ3v) is 4.42. The number of para-hydroxylation sites is 2. The summed E-state index contributed by atoms with van der Waals surface area (Å²) < 4.78 is 16.4. The van der Waals surface area contributed by atoms with Crippen molar-refractivity contribution in [3.05, 3.63) is 58.8 Å². The lowest BCUT2D eigenvalue weighted by atomic mass is 10.1. The summed E-state index contributed by atoms with van der Waals surface area (Å²) in [5.41, 5.74) is 1.64. The maximum absolute atomic E-state index is 12.5. The summed E-state index contributed by atoms with van der Waals surface area (Å²) in [6.45, 7) is 5.55. The van der Waals surface area contributed by atoms with Gasteiger partial charge in [0, 0.05) is 16.0 Å². The van der Waals surface area contributed by atoms with Crippen LogP contribution >= 0.6 is 11.6 Å². The van der Waals surface area contributed by atoms with Gasteiger partial charge in [0.2, 0.25) is 5.76 Å². The largest absolute Gasteiger partial charge is 0.492 e. The van der Waals surface area contributed by atoms with E-state index < -0.39 is 18.0 Å². The minimum atomic E-state index is -1.03. The zero-order valence-corrected chi connectivity index (χ0v) is 16.5. The van der Waals surface area contributed by atoms with Gasteiger partial charge in [-0.05, 0) is 51.1 Å². The quantitative estimate of drug-likeness (QED) is 0.589. The molecule has 1 amide bonds. The summed E-state index contributed by atoms with van der Waals surface area (Å²) in [5.74, 6) is -0.601. The van der Waals surface area contributed by atoms with Crippen LogP contribution in [0, 0.1) is 6.92 Å². The molecule has 0 unspecified atom stereocenters. The summed E-state index contributed by atoms with van der Waals surface area (Å²) in [7, 11) is 0. The zero-order chi connectivity index (χ0) is 20.3. The van der Waals surface area contributed by atoms with Crippen LogP contribution in [-0.4, -0.2) is 24.6 Å². The van der Waals surface area contributed by atoms with Crippen LogP contribution in [0.15, 0.2) is 46.9 Å². The molecule has 3 aromatic rings. The number of rotatable bonds is 6. The van der Waals surface area contributed by atoms with Crippen LogP contribution in [0.3, 0.4) is 0 Å². The van der Waals surface area contributed by atoms with E-state index in [4.69, 9.17) is 25.5 Å². The van der Waals surface area contributed by atoms with Crippen molar-refractivity contribution in [2.24, 2.45) is 0 Å². The molecule has 0 radical (unpaired) electrons. The van der Waals surface area contributed by atoms with E-state index in [9.17, 15) is 9.59 Å². The first-order chi connectivity index (χ1) is 13.4. The molecule has 7 heteroatoms. The van der Waals surface area contributed by atoms with Crippen LogP contribution in [-0.2, 0) is 9.53 Å². The highest BCUT2D eigenvalue weighted by atomic mass is 35.5. The molecule has 3 rings (SSSR count). The van der Waals surface area contributed by atoms with E-state index in [1.54, 1.807) is 49.4 Å². The highest BCUT2D eigenvalue weighted by molar-refractivity contribution is 6.31. The number of halogens is 1. The second-order valence-corrected chi connectivity index (χ2v) is 6.60. The van der Waals surface area contributed by atoms with Crippen molar-refractivity contribution in [2.45, 2.75) is 26.9 Å². The predicted octanol–water partition coefficient (Wildman–Crippen LogP) is 4.98. The number of ether oxygens (including phenoxy) is 2. The van der Waals surface area contributed by atoms with Crippen molar-refractivity contribution >= 4 is 40.1 Å². The van der Waals surface area contributed by atoms with Crippen molar-refractivity contribution < 1.29 is 23.5 Å². The Labute approximate surface area is 167 Å². The minimum absolute atomic E-state index is 0.0478. The number of hydrogen-bond acceptors (Lipinski definition) is 5. The SMILES string of the molecule is CCOc1ccccc1NC(=O)[C@@H](C)OC(=O)c1oc2ccc(Cl)cc2c1C. The molecule has 146 valence electrons. The Hall–Kier alpha value is -2.99. The fraction of sp³-hybridized carbons (Fsp3) is 0.238. The van der Waals surface area contributed by atoms with Gasteiger partial charge in [0.15, 0.2) is 6.10 Å². The molecule has 28 heavy (non-hydrogen) atoms. The lowest BCUT2D eigenvalue weighted by Crippen LogP contribution is -2.30. The minimum Gasteiger partial charge on any atom is -0.492 e. The van der Waals surface area contributed by atoms with Gasteiger partial charge in [-0.2, -0.15) is 0 Å². The average molecular weight is 402 g/mol. The molecule has 0 saturated carbocycles. The first kappa shape index (κ1) is 19.8. The molecule has 1 atom stereocenters. The average Bonchev–Trinajstić information content (AvgIpc) is 2.99. The topological polar surface area (TPSA) is 77.8 Å². The highest BCUT2D eigenvalue weighted by Crippen LogP contribution is 2.29. The second-order valence-electron chi connectivity index (χ2n) is 6.16. The first-order valence-electron chi connectivity index (χ1n) is 8.83. The molecule has 1 N–H and O–H groups in total. The van der Waals surface area contributed by atoms with Crippen LogP contribution in [0.5, 0.6) is 5.75 Å². The lowest BCUT2D eigenvalue weighted by molar-refractivity contribution is -0.123. The van der Waals surface area contributed by atoms with Gasteiger partial charge in [0.1, 0.15) is 11.3 Å². The summed E-state index contributed by atoms with van der Waals surface area (Å²) in [4.78, 5) is 24.9. The van der Waals surface area contributed by atoms with Crippen molar-refractivity contribution in [1.29, 1.82) is 0 Å². The van der Waals surface area contributed by atoms with E-state index in [0.29, 0.717) is 34.2 Å². The van der Waals surface area contributed by atoms with Crippen LogP contribution < -0.4 is 10.1 Å². The number of furan rings is 1. The van der Waals surface area contributed by atoms with Gasteiger partial charge in [0.05, 0.1) is 12.3 Å². The number of carbonyl (C=O) groups is 2. The molecular formula is C21H20ClNO5. The van der Waals surface area contributed by atoms with E-state index in [1.165, 1.54) is 6.92 Å². The van der Waals surface area contributed by atoms with Crippen molar-refractivity contribution in [1.82, 2.24) is 0 Å². The third-order valence-electron chi connectivity index (χ3n) is 4.18. The maximum atomic E-state index is 12.5. The Morgan fingerprint density at radius 2 is 1.96 bits per heavy atom. The molecule has 0 bridgehead atoms. The van der Waals surface area contributed by atoms with E-state index in [-0.39, 0.29) is 5.76 Å². The predicted molar refractivity (Wildman–Crippen MR) is 107 cm³/mol. The first-order valence-corrected chi connectivity index (χ1v) is 9.20. The number of benzene rings is 2. The molecule has 0 aliphatic heterocycles. The number of nitrogens with one attached hydrogen (secondary N) is 1. The molecule has 6 nitrogen and oxygen atoms in total. The zero-order valence-electron chi connectivity index (χ0n) is 15.7. The fourth-order valence-electron chi connectivity index (χ4n) is 2.74. The van der Waals surface area contributed by atoms with Gasteiger partial charge in [-0.15, -0.1) is 0 Å². The van der Waals surface area contributed by atoms with Crippen molar-refractivity contribution in [3.8, 4) is 5.75 Å². The number of hydrogen-bond donors (Lipinski definition) is 1. The Balaban J connectivity index is 1.72. The van der Waals surface area contributed by atoms with Crippen LogP contribution in [0.4, 0.5) is 5.69 Å². The van der Waals surface area contributed by atoms with Gasteiger partial charge >= 0.3 is 5.97 Å².